The molecule has 1 fully saturated rings. The van der Waals surface area contributed by atoms with Gasteiger partial charge in [-0.25, -0.2) is 9.07 Å². The molecule has 0 radical (unpaired) electrons. The van der Waals surface area contributed by atoms with E-state index in [1.165, 1.54) is 10.7 Å². The molecule has 5 rings (SSSR count). The maximum absolute atomic E-state index is 14.6. The normalized spacial score (nSPS) is 14.7. The number of hydrogen-bond donors (Lipinski definition) is 0. The number of benzene rings is 2. The monoisotopic (exact) mass is 514 g/mol. The van der Waals surface area contributed by atoms with Crippen LogP contribution in [0.2, 0.25) is 10.0 Å². The van der Waals surface area contributed by atoms with Gasteiger partial charge in [-0.3, -0.25) is 9.69 Å². The molecule has 0 unspecified atom stereocenters. The van der Waals surface area contributed by atoms with Crippen LogP contribution in [-0.4, -0.2) is 47.4 Å². The van der Waals surface area contributed by atoms with Gasteiger partial charge in [0.2, 0.25) is 0 Å². The van der Waals surface area contributed by atoms with E-state index in [0.717, 1.165) is 50.4 Å². The largest absolute Gasteiger partial charge is 0.472 e. The summed E-state index contributed by atoms with van der Waals surface area (Å²) < 4.78 is 21.2. The summed E-state index contributed by atoms with van der Waals surface area (Å²) in [5, 5.41) is 6.39. The van der Waals surface area contributed by atoms with Crippen LogP contribution in [0.4, 0.5) is 10.1 Å². The van der Waals surface area contributed by atoms with Crippen LogP contribution in [-0.2, 0) is 13.0 Å². The van der Waals surface area contributed by atoms with Crippen molar-refractivity contribution in [3.05, 3.63) is 92.5 Å². The molecule has 2 aromatic carbocycles. The van der Waals surface area contributed by atoms with Crippen molar-refractivity contribution in [2.45, 2.75) is 19.4 Å². The average molecular weight is 515 g/mol. The number of anilines is 1. The number of rotatable bonds is 7. The molecule has 35 heavy (non-hydrogen) atoms. The first-order chi connectivity index (χ1) is 17.0. The molecule has 1 aliphatic heterocycles. The number of nitrogens with zero attached hydrogens (tertiary/aromatic N) is 4. The molecule has 2 aromatic heterocycles. The second-order valence-electron chi connectivity index (χ2n) is 8.70. The first-order valence-corrected chi connectivity index (χ1v) is 12.4. The van der Waals surface area contributed by atoms with Crippen LogP contribution in [0.1, 0.15) is 17.7 Å². The summed E-state index contributed by atoms with van der Waals surface area (Å²) in [6.07, 6.45) is 4.42. The molecule has 3 heterocycles. The maximum Gasteiger partial charge on any atom is 0.277 e. The molecule has 182 valence electrons. The highest BCUT2D eigenvalue weighted by Gasteiger charge is 2.20. The Labute approximate surface area is 212 Å². The van der Waals surface area contributed by atoms with Crippen LogP contribution >= 0.6 is 23.2 Å². The van der Waals surface area contributed by atoms with E-state index < -0.39 is 11.4 Å². The highest BCUT2D eigenvalue weighted by Crippen LogP contribution is 2.32. The molecule has 0 amide bonds. The number of aromatic nitrogens is 2. The van der Waals surface area contributed by atoms with E-state index in [4.69, 9.17) is 27.6 Å². The smallest absolute Gasteiger partial charge is 0.277 e. The van der Waals surface area contributed by atoms with Gasteiger partial charge < -0.3 is 9.32 Å². The highest BCUT2D eigenvalue weighted by molar-refractivity contribution is 6.43. The van der Waals surface area contributed by atoms with E-state index >= 15 is 0 Å². The Balaban J connectivity index is 1.26. The van der Waals surface area contributed by atoms with Gasteiger partial charge in [0, 0.05) is 51.1 Å². The fourth-order valence-corrected chi connectivity index (χ4v) is 5.03. The zero-order chi connectivity index (χ0) is 24.4. The molecule has 0 N–H and O–H groups in total. The summed E-state index contributed by atoms with van der Waals surface area (Å²) in [5.41, 5.74) is 2.14. The Bertz CT molecular complexity index is 1380. The van der Waals surface area contributed by atoms with Crippen LogP contribution in [0.15, 0.2) is 64.2 Å². The van der Waals surface area contributed by atoms with Crippen molar-refractivity contribution in [2.75, 3.05) is 37.6 Å². The lowest BCUT2D eigenvalue weighted by atomic mass is 10.1. The van der Waals surface area contributed by atoms with Gasteiger partial charge in [-0.05, 0) is 36.2 Å². The minimum Gasteiger partial charge on any atom is -0.472 e. The van der Waals surface area contributed by atoms with Crippen molar-refractivity contribution < 1.29 is 8.81 Å². The number of hydrogen-bond acceptors (Lipinski definition) is 5. The van der Waals surface area contributed by atoms with Gasteiger partial charge in [0.15, 0.2) is 0 Å². The van der Waals surface area contributed by atoms with Crippen molar-refractivity contribution in [2.24, 2.45) is 0 Å². The van der Waals surface area contributed by atoms with Crippen LogP contribution in [0.5, 0.6) is 0 Å². The predicted molar refractivity (Wildman–Crippen MR) is 137 cm³/mol. The lowest BCUT2D eigenvalue weighted by Crippen LogP contribution is -2.47. The maximum atomic E-state index is 14.6. The van der Waals surface area contributed by atoms with Crippen LogP contribution in [0, 0.1) is 5.82 Å². The summed E-state index contributed by atoms with van der Waals surface area (Å²) in [5.74, 6) is -0.520. The summed E-state index contributed by atoms with van der Waals surface area (Å²) in [7, 11) is 0. The Hall–Kier alpha value is -2.87. The number of aryl methyl sites for hydroxylation is 1. The minimum absolute atomic E-state index is 0.0907. The SMILES string of the molecule is O=c1c2c(F)cccc2c(Cc2ccoc2)nn1CCCN1CCN(c2cccc(Cl)c2Cl)CC1. The highest BCUT2D eigenvalue weighted by atomic mass is 35.5. The third-order valence-electron chi connectivity index (χ3n) is 6.45. The zero-order valence-electron chi connectivity index (χ0n) is 19.1. The molecule has 0 spiro atoms. The lowest BCUT2D eigenvalue weighted by Gasteiger charge is -2.36. The summed E-state index contributed by atoms with van der Waals surface area (Å²) >= 11 is 12.5. The molecule has 1 aliphatic rings. The van der Waals surface area contributed by atoms with E-state index in [-0.39, 0.29) is 5.39 Å². The fraction of sp³-hybridized carbons (Fsp3) is 0.308. The van der Waals surface area contributed by atoms with Crippen molar-refractivity contribution in [3.8, 4) is 0 Å². The van der Waals surface area contributed by atoms with Crippen molar-refractivity contribution >= 4 is 39.7 Å². The van der Waals surface area contributed by atoms with Crippen molar-refractivity contribution in [3.63, 3.8) is 0 Å². The summed E-state index contributed by atoms with van der Waals surface area (Å²) in [4.78, 5) is 17.6. The Morgan fingerprint density at radius 2 is 1.80 bits per heavy atom. The Morgan fingerprint density at radius 1 is 1.00 bits per heavy atom. The molecule has 6 nitrogen and oxygen atoms in total. The minimum atomic E-state index is -0.520. The van der Waals surface area contributed by atoms with Gasteiger partial charge in [0.05, 0.1) is 39.3 Å². The van der Waals surface area contributed by atoms with E-state index in [1.807, 2.05) is 18.2 Å². The molecular formula is C26H25Cl2FN4O2. The van der Waals surface area contributed by atoms with E-state index in [1.54, 1.807) is 30.7 Å². The fourth-order valence-electron chi connectivity index (χ4n) is 4.62. The zero-order valence-corrected chi connectivity index (χ0v) is 20.6. The molecule has 1 saturated heterocycles. The molecule has 0 aliphatic carbocycles. The topological polar surface area (TPSA) is 54.5 Å². The van der Waals surface area contributed by atoms with Gasteiger partial charge in [0.1, 0.15) is 5.82 Å². The van der Waals surface area contributed by atoms with Crippen molar-refractivity contribution in [1.29, 1.82) is 0 Å². The second-order valence-corrected chi connectivity index (χ2v) is 9.49. The van der Waals surface area contributed by atoms with Crippen molar-refractivity contribution in [1.82, 2.24) is 14.7 Å². The van der Waals surface area contributed by atoms with Gasteiger partial charge in [-0.15, -0.1) is 0 Å². The number of fused-ring (bicyclic) bond motifs is 1. The van der Waals surface area contributed by atoms with Gasteiger partial charge in [-0.1, -0.05) is 41.4 Å². The summed E-state index contributed by atoms with van der Waals surface area (Å²) in [6, 6.07) is 12.2. The van der Waals surface area contributed by atoms with E-state index in [0.29, 0.717) is 34.1 Å². The van der Waals surface area contributed by atoms with E-state index in [9.17, 15) is 9.18 Å². The van der Waals surface area contributed by atoms with Crippen LogP contribution in [0.25, 0.3) is 10.8 Å². The average Bonchev–Trinajstić information content (AvgIpc) is 3.37. The number of halogens is 3. The first-order valence-electron chi connectivity index (χ1n) is 11.6. The molecule has 9 heteroatoms. The number of piperazine rings is 1. The molecule has 0 atom stereocenters. The van der Waals surface area contributed by atoms with E-state index in [2.05, 4.69) is 14.9 Å². The molecule has 4 aromatic rings. The van der Waals surface area contributed by atoms with Gasteiger partial charge >= 0.3 is 0 Å². The number of furan rings is 1. The third-order valence-corrected chi connectivity index (χ3v) is 7.26. The van der Waals surface area contributed by atoms with Crippen LogP contribution in [0.3, 0.4) is 0 Å². The molecule has 0 saturated carbocycles. The van der Waals surface area contributed by atoms with Crippen LogP contribution < -0.4 is 10.5 Å². The summed E-state index contributed by atoms with van der Waals surface area (Å²) in [6.45, 7) is 4.68. The first kappa shape index (κ1) is 23.9. The van der Waals surface area contributed by atoms with Gasteiger partial charge in [-0.2, -0.15) is 5.10 Å². The predicted octanol–water partition coefficient (Wildman–Crippen LogP) is 5.24. The molecule has 0 bridgehead atoms. The van der Waals surface area contributed by atoms with Gasteiger partial charge in [0.25, 0.3) is 5.56 Å². The molecular weight excluding hydrogens is 490 g/mol. The lowest BCUT2D eigenvalue weighted by molar-refractivity contribution is 0.248. The Morgan fingerprint density at radius 3 is 2.57 bits per heavy atom. The quantitative estimate of drug-likeness (QED) is 0.337. The Kier molecular flexibility index (Phi) is 7.09. The third kappa shape index (κ3) is 5.08. The second kappa shape index (κ2) is 10.4. The standard InChI is InChI=1S/C26H25Cl2FN4O2/c27-20-5-2-7-23(25(20)28)32-13-11-31(12-14-32)9-3-10-33-26(34)24-19(4-1-6-21(24)29)22(30-33)16-18-8-15-35-17-18/h1-2,4-8,15,17H,3,9-14,16H2.